The highest BCUT2D eigenvalue weighted by Gasteiger charge is 2.37. The average Bonchev–Trinajstić information content (AvgIpc) is 3.23. The standard InChI is InChI=1S/C20H29N3O2.ClH/c24-20(23-12-10-22(11-13-23)17-8-9-21-15-17)18-7-4-14-25-19(18)16-5-2-1-3-6-16;/h1-3,5-6,17-19,21H,4,7-15H2;1H. The van der Waals surface area contributed by atoms with Gasteiger partial charge >= 0.3 is 0 Å². The highest BCUT2D eigenvalue weighted by Crippen LogP contribution is 2.35. The van der Waals surface area contributed by atoms with Crippen LogP contribution in [0.2, 0.25) is 0 Å². The van der Waals surface area contributed by atoms with Crippen molar-refractivity contribution in [2.75, 3.05) is 45.9 Å². The van der Waals surface area contributed by atoms with Crippen LogP contribution in [0, 0.1) is 5.92 Å². The lowest BCUT2D eigenvalue weighted by atomic mass is 9.88. The molecule has 0 saturated carbocycles. The summed E-state index contributed by atoms with van der Waals surface area (Å²) in [4.78, 5) is 17.8. The van der Waals surface area contributed by atoms with Gasteiger partial charge in [0.1, 0.15) is 0 Å². The van der Waals surface area contributed by atoms with E-state index in [0.29, 0.717) is 6.04 Å². The molecule has 1 N–H and O–H groups in total. The monoisotopic (exact) mass is 379 g/mol. The van der Waals surface area contributed by atoms with Crippen molar-refractivity contribution in [3.8, 4) is 0 Å². The molecule has 3 unspecified atom stereocenters. The van der Waals surface area contributed by atoms with Crippen LogP contribution in [-0.4, -0.2) is 67.6 Å². The summed E-state index contributed by atoms with van der Waals surface area (Å²) >= 11 is 0. The number of hydrogen-bond donors (Lipinski definition) is 1. The number of halogens is 1. The molecule has 3 fully saturated rings. The number of amides is 1. The first-order valence-electron chi connectivity index (χ1n) is 9.73. The number of carbonyl (C=O) groups excluding carboxylic acids is 1. The molecule has 0 bridgehead atoms. The summed E-state index contributed by atoms with van der Waals surface area (Å²) in [5, 5.41) is 3.44. The third-order valence-corrected chi connectivity index (χ3v) is 5.94. The van der Waals surface area contributed by atoms with E-state index in [1.54, 1.807) is 0 Å². The van der Waals surface area contributed by atoms with Crippen LogP contribution in [0.15, 0.2) is 30.3 Å². The number of piperazine rings is 1. The number of hydrogen-bond acceptors (Lipinski definition) is 4. The maximum absolute atomic E-state index is 13.2. The summed E-state index contributed by atoms with van der Waals surface area (Å²) in [6.45, 7) is 6.69. The molecule has 0 radical (unpaired) electrons. The molecule has 1 aromatic rings. The van der Waals surface area contributed by atoms with Crippen molar-refractivity contribution in [2.45, 2.75) is 31.4 Å². The molecular weight excluding hydrogens is 350 g/mol. The third kappa shape index (κ3) is 4.22. The van der Waals surface area contributed by atoms with Crippen molar-refractivity contribution >= 4 is 18.3 Å². The largest absolute Gasteiger partial charge is 0.373 e. The van der Waals surface area contributed by atoms with Gasteiger partial charge in [-0.05, 0) is 31.4 Å². The van der Waals surface area contributed by atoms with Crippen molar-refractivity contribution in [1.29, 1.82) is 0 Å². The number of rotatable bonds is 3. The second-order valence-electron chi connectivity index (χ2n) is 7.46. The van der Waals surface area contributed by atoms with Gasteiger partial charge in [0.25, 0.3) is 0 Å². The predicted octanol–water partition coefficient (Wildman–Crippen LogP) is 2.08. The molecule has 144 valence electrons. The lowest BCUT2D eigenvalue weighted by molar-refractivity contribution is -0.147. The van der Waals surface area contributed by atoms with E-state index < -0.39 is 0 Å². The normalized spacial score (nSPS) is 30.0. The minimum Gasteiger partial charge on any atom is -0.373 e. The molecule has 3 heterocycles. The molecule has 26 heavy (non-hydrogen) atoms. The minimum absolute atomic E-state index is 0. The lowest BCUT2D eigenvalue weighted by Crippen LogP contribution is -2.54. The molecule has 4 rings (SSSR count). The first-order chi connectivity index (χ1) is 12.3. The molecule has 1 amide bonds. The molecule has 6 heteroatoms. The summed E-state index contributed by atoms with van der Waals surface area (Å²) in [5.74, 6) is 0.258. The molecule has 1 aromatic carbocycles. The molecular formula is C20H30ClN3O2. The summed E-state index contributed by atoms with van der Waals surface area (Å²) in [5.41, 5.74) is 1.14. The second-order valence-corrected chi connectivity index (χ2v) is 7.46. The average molecular weight is 380 g/mol. The summed E-state index contributed by atoms with van der Waals surface area (Å²) < 4.78 is 6.02. The Labute approximate surface area is 162 Å². The molecule has 3 saturated heterocycles. The zero-order valence-electron chi connectivity index (χ0n) is 15.3. The third-order valence-electron chi connectivity index (χ3n) is 5.94. The van der Waals surface area contributed by atoms with Gasteiger partial charge in [0, 0.05) is 45.4 Å². The van der Waals surface area contributed by atoms with Gasteiger partial charge in [-0.3, -0.25) is 9.69 Å². The topological polar surface area (TPSA) is 44.8 Å². The minimum atomic E-state index is -0.0838. The molecule has 5 nitrogen and oxygen atoms in total. The molecule has 0 aromatic heterocycles. The van der Waals surface area contributed by atoms with E-state index in [-0.39, 0.29) is 30.3 Å². The van der Waals surface area contributed by atoms with Crippen LogP contribution in [0.3, 0.4) is 0 Å². The fourth-order valence-electron chi connectivity index (χ4n) is 4.50. The van der Waals surface area contributed by atoms with E-state index in [9.17, 15) is 4.79 Å². The van der Waals surface area contributed by atoms with Crippen molar-refractivity contribution in [3.05, 3.63) is 35.9 Å². The Balaban J connectivity index is 0.00000196. The van der Waals surface area contributed by atoms with Gasteiger partial charge in [-0.25, -0.2) is 0 Å². The maximum Gasteiger partial charge on any atom is 0.228 e. The van der Waals surface area contributed by atoms with Crippen LogP contribution in [-0.2, 0) is 9.53 Å². The number of benzene rings is 1. The van der Waals surface area contributed by atoms with E-state index in [1.807, 2.05) is 18.2 Å². The van der Waals surface area contributed by atoms with Crippen LogP contribution in [0.1, 0.15) is 30.9 Å². The lowest BCUT2D eigenvalue weighted by Gasteiger charge is -2.41. The Morgan fingerprint density at radius 3 is 2.54 bits per heavy atom. The SMILES string of the molecule is Cl.O=C(C1CCCOC1c1ccccc1)N1CCN(C2CCNC2)CC1. The first-order valence-corrected chi connectivity index (χ1v) is 9.73. The van der Waals surface area contributed by atoms with Crippen LogP contribution in [0.25, 0.3) is 0 Å². The zero-order valence-corrected chi connectivity index (χ0v) is 16.1. The van der Waals surface area contributed by atoms with Gasteiger partial charge < -0.3 is 15.0 Å². The van der Waals surface area contributed by atoms with E-state index in [4.69, 9.17) is 4.74 Å². The van der Waals surface area contributed by atoms with Gasteiger partial charge in [-0.15, -0.1) is 12.4 Å². The Kier molecular flexibility index (Phi) is 6.92. The van der Waals surface area contributed by atoms with Crippen LogP contribution >= 0.6 is 12.4 Å². The van der Waals surface area contributed by atoms with Gasteiger partial charge in [-0.1, -0.05) is 30.3 Å². The second kappa shape index (κ2) is 9.18. The summed E-state index contributed by atoms with van der Waals surface area (Å²) in [6, 6.07) is 10.9. The van der Waals surface area contributed by atoms with Crippen molar-refractivity contribution in [3.63, 3.8) is 0 Å². The van der Waals surface area contributed by atoms with E-state index in [0.717, 1.165) is 64.3 Å². The highest BCUT2D eigenvalue weighted by molar-refractivity contribution is 5.85. The van der Waals surface area contributed by atoms with E-state index in [1.165, 1.54) is 6.42 Å². The van der Waals surface area contributed by atoms with Crippen molar-refractivity contribution < 1.29 is 9.53 Å². The Morgan fingerprint density at radius 2 is 1.85 bits per heavy atom. The molecule has 0 spiro atoms. The summed E-state index contributed by atoms with van der Waals surface area (Å²) in [7, 11) is 0. The van der Waals surface area contributed by atoms with Crippen LogP contribution in [0.4, 0.5) is 0 Å². The molecule has 0 aliphatic carbocycles. The fraction of sp³-hybridized carbons (Fsp3) is 0.650. The number of nitrogens with zero attached hydrogens (tertiary/aromatic N) is 2. The first kappa shape index (κ1) is 19.6. The van der Waals surface area contributed by atoms with E-state index in [2.05, 4.69) is 27.2 Å². The molecule has 3 aliphatic rings. The number of nitrogens with one attached hydrogen (secondary N) is 1. The van der Waals surface area contributed by atoms with Gasteiger partial charge in [0.05, 0.1) is 12.0 Å². The van der Waals surface area contributed by atoms with Crippen molar-refractivity contribution in [2.24, 2.45) is 5.92 Å². The van der Waals surface area contributed by atoms with Crippen molar-refractivity contribution in [1.82, 2.24) is 15.1 Å². The van der Waals surface area contributed by atoms with E-state index >= 15 is 0 Å². The van der Waals surface area contributed by atoms with Crippen LogP contribution in [0.5, 0.6) is 0 Å². The molecule has 3 atom stereocenters. The Morgan fingerprint density at radius 1 is 1.08 bits per heavy atom. The maximum atomic E-state index is 13.2. The highest BCUT2D eigenvalue weighted by atomic mass is 35.5. The fourth-order valence-corrected chi connectivity index (χ4v) is 4.50. The number of ether oxygens (including phenoxy) is 1. The van der Waals surface area contributed by atoms with Gasteiger partial charge in [-0.2, -0.15) is 0 Å². The molecule has 3 aliphatic heterocycles. The van der Waals surface area contributed by atoms with Gasteiger partial charge in [0.2, 0.25) is 5.91 Å². The Hall–Kier alpha value is -1.14. The quantitative estimate of drug-likeness (QED) is 0.873. The zero-order chi connectivity index (χ0) is 17.1. The Bertz CT molecular complexity index is 572. The summed E-state index contributed by atoms with van der Waals surface area (Å²) in [6.07, 6.45) is 3.07. The smallest absolute Gasteiger partial charge is 0.228 e. The number of carbonyl (C=O) groups is 1. The van der Waals surface area contributed by atoms with Crippen LogP contribution < -0.4 is 5.32 Å². The predicted molar refractivity (Wildman–Crippen MR) is 105 cm³/mol. The van der Waals surface area contributed by atoms with Gasteiger partial charge in [0.15, 0.2) is 0 Å².